The maximum absolute atomic E-state index is 12.6. The van der Waals surface area contributed by atoms with Crippen molar-refractivity contribution in [2.45, 2.75) is 45.2 Å². The standard InChI is InChI=1S/C20H27ClN6O/c1-2-9-25-10-7-15(8-11-25)19-24-23-18-14-26(12-13-27(18)19)20(28)22-17-6-4-3-5-16(17)21/h3-6,15H,2,7-14H2,1H3,(H,22,28). The molecule has 8 heteroatoms. The lowest BCUT2D eigenvalue weighted by atomic mass is 9.95. The van der Waals surface area contributed by atoms with Crippen LogP contribution in [0.2, 0.25) is 5.02 Å². The van der Waals surface area contributed by atoms with Crippen molar-refractivity contribution < 1.29 is 4.79 Å². The molecule has 3 heterocycles. The zero-order valence-electron chi connectivity index (χ0n) is 16.3. The number of hydrogen-bond acceptors (Lipinski definition) is 4. The van der Waals surface area contributed by atoms with Gasteiger partial charge in [-0.25, -0.2) is 4.79 Å². The van der Waals surface area contributed by atoms with Crippen molar-refractivity contribution in [3.63, 3.8) is 0 Å². The highest BCUT2D eigenvalue weighted by Crippen LogP contribution is 2.29. The Balaban J connectivity index is 1.39. The molecule has 1 aromatic heterocycles. The van der Waals surface area contributed by atoms with Crippen molar-refractivity contribution in [3.05, 3.63) is 40.9 Å². The van der Waals surface area contributed by atoms with Gasteiger partial charge in [-0.2, -0.15) is 0 Å². The second-order valence-electron chi connectivity index (χ2n) is 7.57. The first-order chi connectivity index (χ1) is 13.7. The highest BCUT2D eigenvalue weighted by Gasteiger charge is 2.29. The van der Waals surface area contributed by atoms with Crippen LogP contribution in [0.1, 0.15) is 43.8 Å². The van der Waals surface area contributed by atoms with Crippen LogP contribution in [0.25, 0.3) is 0 Å². The van der Waals surface area contributed by atoms with Gasteiger partial charge in [0, 0.05) is 19.0 Å². The van der Waals surface area contributed by atoms with E-state index in [0.717, 1.165) is 44.1 Å². The summed E-state index contributed by atoms with van der Waals surface area (Å²) in [4.78, 5) is 16.9. The zero-order valence-corrected chi connectivity index (χ0v) is 17.0. The average Bonchev–Trinajstić information content (AvgIpc) is 3.14. The Bertz CT molecular complexity index is 830. The maximum atomic E-state index is 12.6. The minimum absolute atomic E-state index is 0.156. The van der Waals surface area contributed by atoms with Crippen LogP contribution in [0, 0.1) is 0 Å². The molecule has 0 spiro atoms. The summed E-state index contributed by atoms with van der Waals surface area (Å²) in [5.41, 5.74) is 0.626. The number of nitrogens with zero attached hydrogens (tertiary/aromatic N) is 5. The lowest BCUT2D eigenvalue weighted by Crippen LogP contribution is -2.41. The van der Waals surface area contributed by atoms with Gasteiger partial charge in [0.1, 0.15) is 5.82 Å². The summed E-state index contributed by atoms with van der Waals surface area (Å²) in [6.07, 6.45) is 3.47. The van der Waals surface area contributed by atoms with Gasteiger partial charge in [0.25, 0.3) is 0 Å². The first-order valence-electron chi connectivity index (χ1n) is 10.1. The van der Waals surface area contributed by atoms with E-state index in [-0.39, 0.29) is 6.03 Å². The molecule has 0 bridgehead atoms. The number of likely N-dealkylation sites (tertiary alicyclic amines) is 1. The molecule has 2 aliphatic rings. The fraction of sp³-hybridized carbons (Fsp3) is 0.550. The quantitative estimate of drug-likeness (QED) is 0.848. The summed E-state index contributed by atoms with van der Waals surface area (Å²) < 4.78 is 2.22. The number of amides is 2. The molecule has 0 unspecified atom stereocenters. The van der Waals surface area contributed by atoms with Crippen LogP contribution >= 0.6 is 11.6 Å². The summed E-state index contributed by atoms with van der Waals surface area (Å²) in [5, 5.41) is 12.3. The van der Waals surface area contributed by atoms with E-state index in [4.69, 9.17) is 11.6 Å². The minimum Gasteiger partial charge on any atom is -0.315 e. The van der Waals surface area contributed by atoms with Crippen LogP contribution in [0.3, 0.4) is 0 Å². The molecule has 1 N–H and O–H groups in total. The first-order valence-corrected chi connectivity index (χ1v) is 10.5. The number of aromatic nitrogens is 3. The Kier molecular flexibility index (Phi) is 5.82. The van der Waals surface area contributed by atoms with E-state index in [9.17, 15) is 4.79 Å². The minimum atomic E-state index is -0.156. The van der Waals surface area contributed by atoms with E-state index >= 15 is 0 Å². The second-order valence-corrected chi connectivity index (χ2v) is 7.98. The Morgan fingerprint density at radius 1 is 1.18 bits per heavy atom. The molecule has 28 heavy (non-hydrogen) atoms. The number of halogens is 1. The molecule has 0 aliphatic carbocycles. The highest BCUT2D eigenvalue weighted by molar-refractivity contribution is 6.33. The summed E-state index contributed by atoms with van der Waals surface area (Å²) in [6.45, 7) is 7.53. The van der Waals surface area contributed by atoms with Gasteiger partial charge in [-0.15, -0.1) is 10.2 Å². The molecule has 4 rings (SSSR count). The van der Waals surface area contributed by atoms with Crippen LogP contribution in [0.4, 0.5) is 10.5 Å². The highest BCUT2D eigenvalue weighted by atomic mass is 35.5. The molecule has 1 saturated heterocycles. The largest absolute Gasteiger partial charge is 0.322 e. The van der Waals surface area contributed by atoms with E-state index in [1.807, 2.05) is 12.1 Å². The molecule has 1 fully saturated rings. The molecule has 7 nitrogen and oxygen atoms in total. The fourth-order valence-corrected chi connectivity index (χ4v) is 4.33. The van der Waals surface area contributed by atoms with E-state index < -0.39 is 0 Å². The lowest BCUT2D eigenvalue weighted by molar-refractivity contribution is 0.190. The number of carbonyl (C=O) groups is 1. The van der Waals surface area contributed by atoms with Gasteiger partial charge in [-0.05, 0) is 51.0 Å². The molecular weight excluding hydrogens is 376 g/mol. The van der Waals surface area contributed by atoms with Gasteiger partial charge in [0.15, 0.2) is 5.82 Å². The van der Waals surface area contributed by atoms with Crippen molar-refractivity contribution in [1.29, 1.82) is 0 Å². The molecular formula is C20H27ClN6O. The number of rotatable bonds is 4. The summed E-state index contributed by atoms with van der Waals surface area (Å²) in [7, 11) is 0. The van der Waals surface area contributed by atoms with E-state index in [1.165, 1.54) is 13.0 Å². The SMILES string of the molecule is CCCN1CCC(c2nnc3n2CCN(C(=O)Nc2ccccc2Cl)C3)CC1. The number of anilines is 1. The topological polar surface area (TPSA) is 66.3 Å². The monoisotopic (exact) mass is 402 g/mol. The second kappa shape index (κ2) is 8.49. The van der Waals surface area contributed by atoms with Gasteiger partial charge in [-0.3, -0.25) is 0 Å². The third kappa shape index (κ3) is 4.00. The van der Waals surface area contributed by atoms with Crippen LogP contribution < -0.4 is 5.32 Å². The summed E-state index contributed by atoms with van der Waals surface area (Å²) in [6, 6.07) is 7.11. The number of para-hydroxylation sites is 1. The number of carbonyl (C=O) groups excluding carboxylic acids is 1. The molecule has 1 aromatic carbocycles. The van der Waals surface area contributed by atoms with Gasteiger partial charge >= 0.3 is 6.03 Å². The third-order valence-electron chi connectivity index (χ3n) is 5.68. The molecule has 2 amide bonds. The van der Waals surface area contributed by atoms with Crippen molar-refractivity contribution in [1.82, 2.24) is 24.6 Å². The van der Waals surface area contributed by atoms with Crippen LogP contribution in [0.5, 0.6) is 0 Å². The Hall–Kier alpha value is -2.12. The number of hydrogen-bond donors (Lipinski definition) is 1. The van der Waals surface area contributed by atoms with Crippen LogP contribution in [0.15, 0.2) is 24.3 Å². The number of fused-ring (bicyclic) bond motifs is 1. The van der Waals surface area contributed by atoms with E-state index in [0.29, 0.717) is 29.7 Å². The summed E-state index contributed by atoms with van der Waals surface area (Å²) >= 11 is 6.14. The van der Waals surface area contributed by atoms with E-state index in [1.54, 1.807) is 17.0 Å². The molecule has 2 aliphatic heterocycles. The molecule has 0 radical (unpaired) electrons. The molecule has 0 atom stereocenters. The number of urea groups is 1. The van der Waals surface area contributed by atoms with Gasteiger partial charge in [-0.1, -0.05) is 30.7 Å². The predicted molar refractivity (Wildman–Crippen MR) is 110 cm³/mol. The number of piperidine rings is 1. The van der Waals surface area contributed by atoms with Crippen LogP contribution in [-0.2, 0) is 13.1 Å². The van der Waals surface area contributed by atoms with Crippen molar-refractivity contribution in [2.75, 3.05) is 31.5 Å². The van der Waals surface area contributed by atoms with Gasteiger partial charge < -0.3 is 19.7 Å². The lowest BCUT2D eigenvalue weighted by Gasteiger charge is -2.33. The smallest absolute Gasteiger partial charge is 0.315 e. The molecule has 2 aromatic rings. The summed E-state index contributed by atoms with van der Waals surface area (Å²) in [5.74, 6) is 2.43. The maximum Gasteiger partial charge on any atom is 0.322 e. The first kappa shape index (κ1) is 19.2. The third-order valence-corrected chi connectivity index (χ3v) is 6.01. The fourth-order valence-electron chi connectivity index (χ4n) is 4.14. The van der Waals surface area contributed by atoms with Crippen molar-refractivity contribution in [3.8, 4) is 0 Å². The molecule has 150 valence electrons. The molecule has 0 saturated carbocycles. The van der Waals surface area contributed by atoms with Gasteiger partial charge in [0.05, 0.1) is 17.3 Å². The normalized spacial score (nSPS) is 18.1. The Morgan fingerprint density at radius 3 is 2.71 bits per heavy atom. The number of benzene rings is 1. The van der Waals surface area contributed by atoms with Crippen LogP contribution in [-0.4, -0.2) is 56.8 Å². The van der Waals surface area contributed by atoms with Crippen molar-refractivity contribution >= 4 is 23.3 Å². The Labute approximate surface area is 170 Å². The Morgan fingerprint density at radius 2 is 1.96 bits per heavy atom. The average molecular weight is 403 g/mol. The van der Waals surface area contributed by atoms with Crippen molar-refractivity contribution in [2.24, 2.45) is 0 Å². The zero-order chi connectivity index (χ0) is 19.5. The van der Waals surface area contributed by atoms with E-state index in [2.05, 4.69) is 31.9 Å². The predicted octanol–water partition coefficient (Wildman–Crippen LogP) is 3.57. The van der Waals surface area contributed by atoms with Gasteiger partial charge in [0.2, 0.25) is 0 Å². The number of nitrogens with one attached hydrogen (secondary N) is 1.